The number of carbonyl (C=O) groups is 2. The Labute approximate surface area is 135 Å². The van der Waals surface area contributed by atoms with Crippen LogP contribution in [0.2, 0.25) is 0 Å². The maximum absolute atomic E-state index is 11.9. The minimum atomic E-state index is -0.361. The van der Waals surface area contributed by atoms with Crippen molar-refractivity contribution in [2.75, 3.05) is 25.0 Å². The highest BCUT2D eigenvalue weighted by atomic mass is 16.5. The van der Waals surface area contributed by atoms with Crippen molar-refractivity contribution in [2.45, 2.75) is 37.1 Å². The van der Waals surface area contributed by atoms with Crippen LogP contribution in [0.1, 0.15) is 31.2 Å². The summed E-state index contributed by atoms with van der Waals surface area (Å²) in [4.78, 5) is 23.1. The van der Waals surface area contributed by atoms with Gasteiger partial charge in [-0.15, -0.1) is 0 Å². The van der Waals surface area contributed by atoms with Gasteiger partial charge in [0.25, 0.3) is 0 Å². The Balaban J connectivity index is 1.52. The van der Waals surface area contributed by atoms with Gasteiger partial charge in [0.05, 0.1) is 6.61 Å². The number of anilines is 1. The van der Waals surface area contributed by atoms with Crippen molar-refractivity contribution >= 4 is 17.5 Å². The largest absolute Gasteiger partial charge is 0.492 e. The number of hydrogen-bond acceptors (Lipinski definition) is 5. The van der Waals surface area contributed by atoms with E-state index >= 15 is 0 Å². The third-order valence-electron chi connectivity index (χ3n) is 5.20. The molecule has 1 spiro atoms. The predicted octanol–water partition coefficient (Wildman–Crippen LogP) is 0.917. The number of nitrogens with one attached hydrogen (secondary N) is 3. The Morgan fingerprint density at radius 1 is 1.22 bits per heavy atom. The molecule has 1 atom stereocenters. The molecule has 122 valence electrons. The van der Waals surface area contributed by atoms with E-state index in [0.717, 1.165) is 44.0 Å². The van der Waals surface area contributed by atoms with E-state index < -0.39 is 0 Å². The molecule has 0 bridgehead atoms. The van der Waals surface area contributed by atoms with Crippen LogP contribution in [0.25, 0.3) is 0 Å². The molecule has 3 aliphatic rings. The summed E-state index contributed by atoms with van der Waals surface area (Å²) in [5, 5.41) is 8.99. The molecule has 3 aliphatic heterocycles. The lowest BCUT2D eigenvalue weighted by molar-refractivity contribution is -0.133. The topological polar surface area (TPSA) is 79.5 Å². The molecule has 1 aromatic rings. The minimum absolute atomic E-state index is 0.147. The Kier molecular flexibility index (Phi) is 3.49. The van der Waals surface area contributed by atoms with Gasteiger partial charge < -0.3 is 15.4 Å². The number of amides is 2. The molecule has 0 saturated carbocycles. The van der Waals surface area contributed by atoms with Crippen molar-refractivity contribution < 1.29 is 14.3 Å². The fourth-order valence-corrected chi connectivity index (χ4v) is 3.81. The van der Waals surface area contributed by atoms with Crippen LogP contribution in [-0.2, 0) is 15.0 Å². The van der Waals surface area contributed by atoms with Gasteiger partial charge in [-0.2, -0.15) is 0 Å². The quantitative estimate of drug-likeness (QED) is 0.707. The molecule has 2 amide bonds. The summed E-state index contributed by atoms with van der Waals surface area (Å²) in [7, 11) is 0. The molecule has 0 radical (unpaired) electrons. The second-order valence-electron chi connectivity index (χ2n) is 6.68. The zero-order chi connectivity index (χ0) is 15.9. The van der Waals surface area contributed by atoms with Crippen LogP contribution in [0, 0.1) is 0 Å². The molecule has 3 heterocycles. The van der Waals surface area contributed by atoms with E-state index in [0.29, 0.717) is 12.8 Å². The molecule has 2 saturated heterocycles. The molecule has 0 unspecified atom stereocenters. The molecule has 23 heavy (non-hydrogen) atoms. The zero-order valence-electron chi connectivity index (χ0n) is 13.0. The monoisotopic (exact) mass is 315 g/mol. The normalized spacial score (nSPS) is 25.7. The van der Waals surface area contributed by atoms with Crippen molar-refractivity contribution in [2.24, 2.45) is 0 Å². The highest BCUT2D eigenvalue weighted by Gasteiger charge is 2.41. The second-order valence-corrected chi connectivity index (χ2v) is 6.68. The van der Waals surface area contributed by atoms with Crippen molar-refractivity contribution in [3.63, 3.8) is 0 Å². The van der Waals surface area contributed by atoms with Gasteiger partial charge >= 0.3 is 0 Å². The molecule has 3 N–H and O–H groups in total. The van der Waals surface area contributed by atoms with Crippen LogP contribution in [0.15, 0.2) is 18.2 Å². The lowest BCUT2D eigenvalue weighted by atomic mass is 9.75. The first kappa shape index (κ1) is 14.5. The van der Waals surface area contributed by atoms with Crippen LogP contribution in [-0.4, -0.2) is 37.6 Å². The smallest absolute Gasteiger partial charge is 0.249 e. The minimum Gasteiger partial charge on any atom is -0.492 e. The lowest BCUT2D eigenvalue weighted by Crippen LogP contribution is -2.47. The summed E-state index contributed by atoms with van der Waals surface area (Å²) in [5.74, 6) is 0.472. The molecule has 2 fully saturated rings. The number of carbonyl (C=O) groups excluding carboxylic acids is 2. The average Bonchev–Trinajstić information content (AvgIpc) is 2.89. The maximum atomic E-state index is 11.9. The Morgan fingerprint density at radius 3 is 2.83 bits per heavy atom. The standard InChI is InChI=1S/C17H21N3O3/c21-15-4-3-13(16(22)20-15)19-11-1-2-12-14(9-11)23-10-17(12)5-7-18-8-6-17/h1-2,9,13,18-19H,3-8,10H2,(H,20,21,22)/t13-/m1/s1. The first-order chi connectivity index (χ1) is 11.2. The van der Waals surface area contributed by atoms with Gasteiger partial charge in [0, 0.05) is 29.2 Å². The molecule has 6 nitrogen and oxygen atoms in total. The maximum Gasteiger partial charge on any atom is 0.249 e. The van der Waals surface area contributed by atoms with Crippen molar-refractivity contribution in [1.29, 1.82) is 0 Å². The van der Waals surface area contributed by atoms with Gasteiger partial charge in [-0.1, -0.05) is 6.07 Å². The molecule has 1 aromatic carbocycles. The summed E-state index contributed by atoms with van der Waals surface area (Å²) in [5.41, 5.74) is 2.30. The summed E-state index contributed by atoms with van der Waals surface area (Å²) in [6.07, 6.45) is 3.10. The highest BCUT2D eigenvalue weighted by molar-refractivity contribution is 6.01. The third-order valence-corrected chi connectivity index (χ3v) is 5.20. The lowest BCUT2D eigenvalue weighted by Gasteiger charge is -2.32. The summed E-state index contributed by atoms with van der Waals surface area (Å²) in [6, 6.07) is 5.76. The number of ether oxygens (including phenoxy) is 1. The molecule has 4 rings (SSSR count). The fourth-order valence-electron chi connectivity index (χ4n) is 3.81. The van der Waals surface area contributed by atoms with E-state index in [9.17, 15) is 9.59 Å². The SMILES string of the molecule is O=C1CC[C@@H](Nc2ccc3c(c2)OCC32CCNCC2)C(=O)N1. The summed E-state index contributed by atoms with van der Waals surface area (Å²) >= 11 is 0. The van der Waals surface area contributed by atoms with E-state index in [2.05, 4.69) is 22.0 Å². The van der Waals surface area contributed by atoms with Crippen LogP contribution in [0.4, 0.5) is 5.69 Å². The van der Waals surface area contributed by atoms with Gasteiger partial charge in [0.2, 0.25) is 11.8 Å². The van der Waals surface area contributed by atoms with Crippen LogP contribution < -0.4 is 20.7 Å². The van der Waals surface area contributed by atoms with Crippen molar-refractivity contribution in [3.05, 3.63) is 23.8 Å². The molecule has 6 heteroatoms. The fraction of sp³-hybridized carbons (Fsp3) is 0.529. The molecular weight excluding hydrogens is 294 g/mol. The number of fused-ring (bicyclic) bond motifs is 2. The van der Waals surface area contributed by atoms with Crippen LogP contribution in [0.5, 0.6) is 5.75 Å². The Bertz CT molecular complexity index is 652. The van der Waals surface area contributed by atoms with Gasteiger partial charge in [-0.3, -0.25) is 14.9 Å². The zero-order valence-corrected chi connectivity index (χ0v) is 13.0. The van der Waals surface area contributed by atoms with Crippen molar-refractivity contribution in [3.8, 4) is 5.75 Å². The van der Waals surface area contributed by atoms with E-state index in [1.54, 1.807) is 0 Å². The Morgan fingerprint density at radius 2 is 2.04 bits per heavy atom. The van der Waals surface area contributed by atoms with Gasteiger partial charge in [0.15, 0.2) is 0 Å². The number of hydrogen-bond donors (Lipinski definition) is 3. The summed E-state index contributed by atoms with van der Waals surface area (Å²) in [6.45, 7) is 2.80. The highest BCUT2D eigenvalue weighted by Crippen LogP contribution is 2.45. The van der Waals surface area contributed by atoms with E-state index in [1.807, 2.05) is 12.1 Å². The van der Waals surface area contributed by atoms with Crippen LogP contribution >= 0.6 is 0 Å². The summed E-state index contributed by atoms with van der Waals surface area (Å²) < 4.78 is 5.94. The number of imide groups is 1. The van der Waals surface area contributed by atoms with E-state index in [-0.39, 0.29) is 23.3 Å². The predicted molar refractivity (Wildman–Crippen MR) is 85.5 cm³/mol. The van der Waals surface area contributed by atoms with E-state index in [1.165, 1.54) is 5.56 Å². The Hall–Kier alpha value is -2.08. The van der Waals surface area contributed by atoms with Gasteiger partial charge in [-0.25, -0.2) is 0 Å². The number of benzene rings is 1. The molecule has 0 aliphatic carbocycles. The van der Waals surface area contributed by atoms with E-state index in [4.69, 9.17) is 4.74 Å². The van der Waals surface area contributed by atoms with Crippen LogP contribution in [0.3, 0.4) is 0 Å². The van der Waals surface area contributed by atoms with Gasteiger partial charge in [0.1, 0.15) is 11.8 Å². The average molecular weight is 315 g/mol. The second kappa shape index (κ2) is 5.53. The van der Waals surface area contributed by atoms with Crippen molar-refractivity contribution in [1.82, 2.24) is 10.6 Å². The molecular formula is C17H21N3O3. The first-order valence-electron chi connectivity index (χ1n) is 8.25. The number of piperidine rings is 2. The third kappa shape index (κ3) is 2.57. The van der Waals surface area contributed by atoms with Gasteiger partial charge in [-0.05, 0) is 38.4 Å². The number of rotatable bonds is 2. The first-order valence-corrected chi connectivity index (χ1v) is 8.25. The molecule has 0 aromatic heterocycles.